The molecule has 1 radical (unpaired) electrons. The maximum Gasteiger partial charge on any atom is 0.206 e. The van der Waals surface area contributed by atoms with Gasteiger partial charge in [0.1, 0.15) is 0 Å². The van der Waals surface area contributed by atoms with Crippen molar-refractivity contribution in [3.8, 4) is 0 Å². The van der Waals surface area contributed by atoms with Gasteiger partial charge in [-0.25, -0.2) is 0 Å². The van der Waals surface area contributed by atoms with Crippen molar-refractivity contribution in [3.05, 3.63) is 34.9 Å². The molecule has 1 heteroatoms. The Morgan fingerprint density at radius 3 is 2.27 bits per heavy atom. The van der Waals surface area contributed by atoms with Gasteiger partial charge in [0, 0.05) is 0 Å². The van der Waals surface area contributed by atoms with Crippen LogP contribution in [0.2, 0.25) is 0 Å². The Hall–Kier alpha value is -1.11. The van der Waals surface area contributed by atoms with Crippen molar-refractivity contribution in [3.63, 3.8) is 0 Å². The molecular formula is C14H19O. The van der Waals surface area contributed by atoms with Crippen LogP contribution in [0.1, 0.15) is 55.7 Å². The van der Waals surface area contributed by atoms with Gasteiger partial charge < -0.3 is 0 Å². The molecule has 0 N–H and O–H groups in total. The summed E-state index contributed by atoms with van der Waals surface area (Å²) >= 11 is 0. The number of benzene rings is 1. The van der Waals surface area contributed by atoms with Crippen LogP contribution in [0.5, 0.6) is 0 Å². The average Bonchev–Trinajstić information content (AvgIpc) is 2.18. The maximum atomic E-state index is 10.8. The van der Waals surface area contributed by atoms with Crippen molar-refractivity contribution in [1.82, 2.24) is 0 Å². The molecule has 0 saturated carbocycles. The van der Waals surface area contributed by atoms with Gasteiger partial charge in [0.25, 0.3) is 0 Å². The zero-order valence-electron chi connectivity index (χ0n) is 10.0. The van der Waals surface area contributed by atoms with E-state index in [1.54, 1.807) is 0 Å². The number of rotatable bonds is 4. The van der Waals surface area contributed by atoms with Gasteiger partial charge in [-0.3, -0.25) is 4.79 Å². The van der Waals surface area contributed by atoms with Crippen LogP contribution in [-0.2, 0) is 4.79 Å². The summed E-state index contributed by atoms with van der Waals surface area (Å²) in [6, 6.07) is 6.41. The summed E-state index contributed by atoms with van der Waals surface area (Å²) in [5.74, 6) is 0.440. The largest absolute Gasteiger partial charge is 0.290 e. The van der Waals surface area contributed by atoms with Gasteiger partial charge >= 0.3 is 0 Å². The molecular weight excluding hydrogens is 184 g/mol. The molecule has 0 aliphatic rings. The Labute approximate surface area is 92.5 Å². The molecule has 0 aliphatic carbocycles. The number of aryl methyl sites for hydroxylation is 1. The molecule has 1 rings (SSSR count). The van der Waals surface area contributed by atoms with E-state index in [-0.39, 0.29) is 5.92 Å². The predicted molar refractivity (Wildman–Crippen MR) is 64.0 cm³/mol. The van der Waals surface area contributed by atoms with Crippen LogP contribution in [0.4, 0.5) is 0 Å². The van der Waals surface area contributed by atoms with Gasteiger partial charge in [0.15, 0.2) is 0 Å². The van der Waals surface area contributed by atoms with E-state index in [4.69, 9.17) is 0 Å². The van der Waals surface area contributed by atoms with E-state index in [9.17, 15) is 4.79 Å². The van der Waals surface area contributed by atoms with Gasteiger partial charge in [-0.15, -0.1) is 0 Å². The minimum atomic E-state index is -0.0672. The van der Waals surface area contributed by atoms with E-state index < -0.39 is 0 Å². The lowest BCUT2D eigenvalue weighted by atomic mass is 9.91. The number of carbonyl (C=O) groups excluding carboxylic acids is 1. The van der Waals surface area contributed by atoms with Crippen molar-refractivity contribution in [1.29, 1.82) is 0 Å². The Balaban J connectivity index is 3.13. The lowest BCUT2D eigenvalue weighted by Crippen LogP contribution is -2.01. The van der Waals surface area contributed by atoms with E-state index >= 15 is 0 Å². The first kappa shape index (κ1) is 12.0. The summed E-state index contributed by atoms with van der Waals surface area (Å²) < 4.78 is 0. The van der Waals surface area contributed by atoms with E-state index in [1.807, 2.05) is 6.92 Å². The Morgan fingerprint density at radius 1 is 1.20 bits per heavy atom. The topological polar surface area (TPSA) is 17.1 Å². The fourth-order valence-electron chi connectivity index (χ4n) is 1.76. The minimum Gasteiger partial charge on any atom is -0.290 e. The lowest BCUT2D eigenvalue weighted by molar-refractivity contribution is 0.540. The van der Waals surface area contributed by atoms with Gasteiger partial charge in [0.05, 0.1) is 5.92 Å². The SMILES string of the molecule is CCC([C]=O)c1cc(C)cc(C(C)C)c1. The summed E-state index contributed by atoms with van der Waals surface area (Å²) in [6.45, 7) is 8.44. The van der Waals surface area contributed by atoms with Crippen LogP contribution < -0.4 is 0 Å². The zero-order valence-corrected chi connectivity index (χ0v) is 10.0. The maximum absolute atomic E-state index is 10.8. The van der Waals surface area contributed by atoms with Crippen LogP contribution >= 0.6 is 0 Å². The van der Waals surface area contributed by atoms with Gasteiger partial charge in [-0.1, -0.05) is 44.5 Å². The number of hydrogen-bond acceptors (Lipinski definition) is 1. The highest BCUT2D eigenvalue weighted by Gasteiger charge is 2.11. The van der Waals surface area contributed by atoms with E-state index in [1.165, 1.54) is 11.1 Å². The van der Waals surface area contributed by atoms with E-state index in [0.29, 0.717) is 5.92 Å². The predicted octanol–water partition coefficient (Wildman–Crippen LogP) is 3.72. The molecule has 1 unspecified atom stereocenters. The van der Waals surface area contributed by atoms with Crippen LogP contribution in [-0.4, -0.2) is 6.29 Å². The van der Waals surface area contributed by atoms with Crippen molar-refractivity contribution >= 4 is 6.29 Å². The summed E-state index contributed by atoms with van der Waals surface area (Å²) in [4.78, 5) is 10.8. The van der Waals surface area contributed by atoms with Crippen LogP contribution in [0.25, 0.3) is 0 Å². The van der Waals surface area contributed by atoms with Crippen LogP contribution in [0, 0.1) is 6.92 Å². The Bertz CT molecular complexity index is 339. The highest BCUT2D eigenvalue weighted by Crippen LogP contribution is 2.24. The summed E-state index contributed by atoms with van der Waals surface area (Å²) in [5.41, 5.74) is 3.64. The lowest BCUT2D eigenvalue weighted by Gasteiger charge is -2.13. The first-order valence-electron chi connectivity index (χ1n) is 5.57. The molecule has 1 atom stereocenters. The molecule has 0 saturated heterocycles. The normalized spacial score (nSPS) is 12.9. The highest BCUT2D eigenvalue weighted by molar-refractivity contribution is 5.63. The fraction of sp³-hybridized carbons (Fsp3) is 0.500. The van der Waals surface area contributed by atoms with Crippen LogP contribution in [0.15, 0.2) is 18.2 Å². The van der Waals surface area contributed by atoms with E-state index in [2.05, 4.69) is 45.3 Å². The van der Waals surface area contributed by atoms with Crippen molar-refractivity contribution in [2.75, 3.05) is 0 Å². The summed E-state index contributed by atoms with van der Waals surface area (Å²) in [6.07, 6.45) is 2.94. The quantitative estimate of drug-likeness (QED) is 0.729. The van der Waals surface area contributed by atoms with Crippen molar-refractivity contribution < 1.29 is 4.79 Å². The molecule has 0 bridgehead atoms. The molecule has 0 aliphatic heterocycles. The minimum absolute atomic E-state index is 0.0672. The molecule has 15 heavy (non-hydrogen) atoms. The molecule has 0 aromatic heterocycles. The fourth-order valence-corrected chi connectivity index (χ4v) is 1.76. The van der Waals surface area contributed by atoms with Gasteiger partial charge in [0.2, 0.25) is 6.29 Å². The molecule has 0 spiro atoms. The smallest absolute Gasteiger partial charge is 0.206 e. The molecule has 81 valence electrons. The third kappa shape index (κ3) is 2.92. The average molecular weight is 203 g/mol. The van der Waals surface area contributed by atoms with Crippen LogP contribution in [0.3, 0.4) is 0 Å². The third-order valence-electron chi connectivity index (χ3n) is 2.74. The molecule has 0 amide bonds. The van der Waals surface area contributed by atoms with Gasteiger partial charge in [-0.05, 0) is 30.4 Å². The molecule has 1 aromatic carbocycles. The molecule has 1 nitrogen and oxygen atoms in total. The third-order valence-corrected chi connectivity index (χ3v) is 2.74. The Kier molecular flexibility index (Phi) is 4.07. The number of hydrogen-bond donors (Lipinski definition) is 0. The Morgan fingerprint density at radius 2 is 1.80 bits per heavy atom. The second-order valence-electron chi connectivity index (χ2n) is 4.41. The highest BCUT2D eigenvalue weighted by atomic mass is 16.1. The molecule has 0 fully saturated rings. The summed E-state index contributed by atoms with van der Waals surface area (Å²) in [7, 11) is 0. The monoisotopic (exact) mass is 203 g/mol. The zero-order chi connectivity index (χ0) is 11.4. The second-order valence-corrected chi connectivity index (χ2v) is 4.41. The second kappa shape index (κ2) is 5.11. The van der Waals surface area contributed by atoms with Crippen molar-refractivity contribution in [2.45, 2.75) is 46.0 Å². The standard InChI is InChI=1S/C14H19O/c1-5-12(9-15)14-7-11(4)6-13(8-14)10(2)3/h6-8,10,12H,5H2,1-4H3. The van der Waals surface area contributed by atoms with Gasteiger partial charge in [-0.2, -0.15) is 0 Å². The van der Waals surface area contributed by atoms with Crippen molar-refractivity contribution in [2.24, 2.45) is 0 Å². The van der Waals surface area contributed by atoms with E-state index in [0.717, 1.165) is 12.0 Å². The summed E-state index contributed by atoms with van der Waals surface area (Å²) in [5, 5.41) is 0. The first-order valence-corrected chi connectivity index (χ1v) is 5.57. The molecule has 1 aromatic rings. The first-order chi connectivity index (χ1) is 7.08. The molecule has 0 heterocycles.